The van der Waals surface area contributed by atoms with E-state index in [-0.39, 0.29) is 5.57 Å². The molecule has 4 nitrogen and oxygen atoms in total. The van der Waals surface area contributed by atoms with Gasteiger partial charge in [0, 0.05) is 31.4 Å². The first-order chi connectivity index (χ1) is 13.4. The Morgan fingerprint density at radius 1 is 1.18 bits per heavy atom. The summed E-state index contributed by atoms with van der Waals surface area (Å²) in [4.78, 5) is 12.5. The van der Waals surface area contributed by atoms with Gasteiger partial charge in [-0.15, -0.1) is 0 Å². The second-order valence-electron chi connectivity index (χ2n) is 6.27. The lowest BCUT2D eigenvalue weighted by molar-refractivity contribution is -0.112. The Balaban J connectivity index is 1.93. The van der Waals surface area contributed by atoms with E-state index in [2.05, 4.69) is 32.5 Å². The highest BCUT2D eigenvalue weighted by Crippen LogP contribution is 2.24. The quantitative estimate of drug-likeness (QED) is 0.275. The van der Waals surface area contributed by atoms with Gasteiger partial charge in [-0.25, -0.2) is 0 Å². The number of carbonyl (C=O) groups excluding carboxylic acids is 1. The van der Waals surface area contributed by atoms with Crippen LogP contribution >= 0.6 is 34.2 Å². The molecule has 28 heavy (non-hydrogen) atoms. The number of amides is 1. The van der Waals surface area contributed by atoms with Crippen molar-refractivity contribution >= 4 is 51.9 Å². The number of hydrogen-bond donors (Lipinski definition) is 1. The molecule has 0 unspecified atom stereocenters. The molecule has 0 bridgehead atoms. The van der Waals surface area contributed by atoms with Crippen LogP contribution in [-0.4, -0.2) is 10.5 Å². The minimum Gasteiger partial charge on any atom is -0.321 e. The third kappa shape index (κ3) is 4.46. The van der Waals surface area contributed by atoms with Crippen molar-refractivity contribution in [1.29, 1.82) is 5.26 Å². The van der Waals surface area contributed by atoms with Gasteiger partial charge in [-0.1, -0.05) is 17.7 Å². The summed E-state index contributed by atoms with van der Waals surface area (Å²) in [6, 6.07) is 18.9. The third-order valence-electron chi connectivity index (χ3n) is 4.30. The van der Waals surface area contributed by atoms with Crippen molar-refractivity contribution in [2.24, 2.45) is 0 Å². The maximum atomic E-state index is 12.5. The number of nitrogens with one attached hydrogen (secondary N) is 1. The molecular formula is C22H17ClIN3O. The smallest absolute Gasteiger partial charge is 0.266 e. The molecule has 3 rings (SSSR count). The first-order valence-electron chi connectivity index (χ1n) is 8.52. The number of nitrogens with zero attached hydrogens (tertiary/aromatic N) is 2. The topological polar surface area (TPSA) is 57.8 Å². The van der Waals surface area contributed by atoms with Crippen LogP contribution in [0.4, 0.5) is 5.69 Å². The van der Waals surface area contributed by atoms with Crippen LogP contribution in [0.2, 0.25) is 5.02 Å². The molecule has 0 saturated carbocycles. The highest BCUT2D eigenvalue weighted by Gasteiger charge is 2.14. The summed E-state index contributed by atoms with van der Waals surface area (Å²) in [6.45, 7) is 3.94. The highest BCUT2D eigenvalue weighted by atomic mass is 127. The van der Waals surface area contributed by atoms with Gasteiger partial charge in [-0.05, 0) is 96.6 Å². The van der Waals surface area contributed by atoms with Crippen LogP contribution in [0.15, 0.2) is 60.2 Å². The van der Waals surface area contributed by atoms with Crippen molar-refractivity contribution < 1.29 is 4.79 Å². The maximum absolute atomic E-state index is 12.5. The maximum Gasteiger partial charge on any atom is 0.266 e. The summed E-state index contributed by atoms with van der Waals surface area (Å²) >= 11 is 8.16. The lowest BCUT2D eigenvalue weighted by Gasteiger charge is -2.09. The van der Waals surface area contributed by atoms with Crippen molar-refractivity contribution in [3.05, 3.63) is 85.7 Å². The van der Waals surface area contributed by atoms with Crippen molar-refractivity contribution in [3.63, 3.8) is 0 Å². The van der Waals surface area contributed by atoms with E-state index in [0.717, 1.165) is 26.2 Å². The van der Waals surface area contributed by atoms with Crippen molar-refractivity contribution in [2.75, 3.05) is 5.32 Å². The number of halogens is 2. The molecule has 0 aliphatic rings. The molecular weight excluding hydrogens is 485 g/mol. The fourth-order valence-electron chi connectivity index (χ4n) is 2.99. The second-order valence-corrected chi connectivity index (χ2v) is 7.95. The minimum atomic E-state index is -0.430. The Kier molecular flexibility index (Phi) is 6.22. The van der Waals surface area contributed by atoms with Gasteiger partial charge in [0.1, 0.15) is 11.6 Å². The number of aryl methyl sites for hydroxylation is 1. The summed E-state index contributed by atoms with van der Waals surface area (Å²) in [5, 5.41) is 13.0. The van der Waals surface area contributed by atoms with Gasteiger partial charge >= 0.3 is 0 Å². The lowest BCUT2D eigenvalue weighted by atomic mass is 10.1. The van der Waals surface area contributed by atoms with Gasteiger partial charge in [0.25, 0.3) is 5.91 Å². The molecule has 0 fully saturated rings. The Labute approximate surface area is 182 Å². The van der Waals surface area contributed by atoms with Crippen LogP contribution in [0.1, 0.15) is 17.0 Å². The van der Waals surface area contributed by atoms with E-state index in [1.807, 2.05) is 68.4 Å². The first kappa shape index (κ1) is 20.2. The predicted molar refractivity (Wildman–Crippen MR) is 122 cm³/mol. The van der Waals surface area contributed by atoms with E-state index in [0.29, 0.717) is 10.7 Å². The summed E-state index contributed by atoms with van der Waals surface area (Å²) < 4.78 is 3.07. The molecule has 1 amide bonds. The molecule has 1 N–H and O–H groups in total. The van der Waals surface area contributed by atoms with Crippen LogP contribution in [-0.2, 0) is 4.79 Å². The Hall–Kier alpha value is -2.56. The van der Waals surface area contributed by atoms with Gasteiger partial charge in [0.15, 0.2) is 0 Å². The molecule has 0 aliphatic carbocycles. The molecule has 6 heteroatoms. The fraction of sp³-hybridized carbons (Fsp3) is 0.0909. The van der Waals surface area contributed by atoms with Crippen LogP contribution in [0, 0.1) is 28.7 Å². The Morgan fingerprint density at radius 3 is 2.54 bits per heavy atom. The molecule has 1 heterocycles. The van der Waals surface area contributed by atoms with Crippen molar-refractivity contribution in [2.45, 2.75) is 13.8 Å². The minimum absolute atomic E-state index is 0.0511. The van der Waals surface area contributed by atoms with Gasteiger partial charge in [0.05, 0.1) is 0 Å². The van der Waals surface area contributed by atoms with Crippen molar-refractivity contribution in [1.82, 2.24) is 4.57 Å². The zero-order chi connectivity index (χ0) is 20.3. The fourth-order valence-corrected chi connectivity index (χ4v) is 3.66. The second kappa shape index (κ2) is 8.63. The molecule has 1 aromatic heterocycles. The van der Waals surface area contributed by atoms with Crippen LogP contribution in [0.3, 0.4) is 0 Å². The van der Waals surface area contributed by atoms with Gasteiger partial charge in [0.2, 0.25) is 0 Å². The van der Waals surface area contributed by atoms with Crippen LogP contribution < -0.4 is 5.32 Å². The number of aromatic nitrogens is 1. The number of rotatable bonds is 4. The van der Waals surface area contributed by atoms with E-state index in [9.17, 15) is 10.1 Å². The number of benzene rings is 2. The van der Waals surface area contributed by atoms with E-state index in [1.165, 1.54) is 0 Å². The van der Waals surface area contributed by atoms with E-state index in [4.69, 9.17) is 11.6 Å². The molecule has 0 radical (unpaired) electrons. The Bertz CT molecular complexity index is 1110. The highest BCUT2D eigenvalue weighted by molar-refractivity contribution is 14.1. The molecule has 2 aromatic carbocycles. The largest absolute Gasteiger partial charge is 0.321 e. The van der Waals surface area contributed by atoms with E-state index in [1.54, 1.807) is 12.1 Å². The Morgan fingerprint density at radius 2 is 1.89 bits per heavy atom. The zero-order valence-corrected chi connectivity index (χ0v) is 18.2. The molecule has 3 aromatic rings. The van der Waals surface area contributed by atoms with Crippen LogP contribution in [0.25, 0.3) is 11.8 Å². The lowest BCUT2D eigenvalue weighted by Crippen LogP contribution is -2.13. The monoisotopic (exact) mass is 501 g/mol. The molecule has 0 saturated heterocycles. The summed E-state index contributed by atoms with van der Waals surface area (Å²) in [7, 11) is 0. The van der Waals surface area contributed by atoms with Crippen molar-refractivity contribution in [3.8, 4) is 11.8 Å². The number of anilines is 1. The molecule has 0 spiro atoms. The van der Waals surface area contributed by atoms with Gasteiger partial charge in [-0.3, -0.25) is 4.79 Å². The molecule has 0 atom stereocenters. The summed E-state index contributed by atoms with van der Waals surface area (Å²) in [6.07, 6.45) is 1.62. The third-order valence-corrected chi connectivity index (χ3v) is 5.23. The average molecular weight is 502 g/mol. The predicted octanol–water partition coefficient (Wildman–Crippen LogP) is 5.90. The average Bonchev–Trinajstić information content (AvgIpc) is 2.94. The van der Waals surface area contributed by atoms with Crippen LogP contribution in [0.5, 0.6) is 0 Å². The van der Waals surface area contributed by atoms with E-state index < -0.39 is 5.91 Å². The number of hydrogen-bond acceptors (Lipinski definition) is 2. The normalized spacial score (nSPS) is 11.2. The zero-order valence-electron chi connectivity index (χ0n) is 15.3. The van der Waals surface area contributed by atoms with Gasteiger partial charge in [-0.2, -0.15) is 5.26 Å². The standard InChI is InChI=1S/C22H17ClIN3O/c1-14-10-16(15(2)27(14)21-8-6-18(23)7-9-21)11-17(13-25)22(28)26-20-5-3-4-19(24)12-20/h3-12H,1-2H3,(H,26,28)/b17-11+. The molecule has 0 aliphatic heterocycles. The summed E-state index contributed by atoms with van der Waals surface area (Å²) in [5.74, 6) is -0.430. The van der Waals surface area contributed by atoms with Gasteiger partial charge < -0.3 is 9.88 Å². The SMILES string of the molecule is Cc1cc(/C=C(\C#N)C(=O)Nc2cccc(I)c2)c(C)n1-c1ccc(Cl)cc1. The number of carbonyl (C=O) groups is 1. The summed E-state index contributed by atoms with van der Waals surface area (Å²) in [5.41, 5.74) is 4.44. The first-order valence-corrected chi connectivity index (χ1v) is 9.98. The molecule has 140 valence electrons. The number of nitriles is 1. The van der Waals surface area contributed by atoms with E-state index >= 15 is 0 Å².